The molecule has 5 heteroatoms. The Balaban J connectivity index is 1.60. The molecule has 0 amide bonds. The van der Waals surface area contributed by atoms with Crippen molar-refractivity contribution in [1.82, 2.24) is 0 Å². The summed E-state index contributed by atoms with van der Waals surface area (Å²) in [5, 5.41) is 0. The van der Waals surface area contributed by atoms with Crippen LogP contribution in [0.15, 0.2) is 36.4 Å². The molecule has 1 aliphatic carbocycles. The molecule has 5 nitrogen and oxygen atoms in total. The molecule has 2 fully saturated rings. The lowest BCUT2D eigenvalue weighted by molar-refractivity contribution is -0.304. The van der Waals surface area contributed by atoms with Crippen LogP contribution in [0.5, 0.6) is 5.75 Å². The van der Waals surface area contributed by atoms with Gasteiger partial charge in [0.25, 0.3) is 0 Å². The molecule has 0 bridgehead atoms. The Kier molecular flexibility index (Phi) is 8.70. The summed E-state index contributed by atoms with van der Waals surface area (Å²) in [6.45, 7) is 7.16. The van der Waals surface area contributed by atoms with Crippen LogP contribution in [-0.4, -0.2) is 37.5 Å². The summed E-state index contributed by atoms with van der Waals surface area (Å²) in [6.07, 6.45) is 10.6. The Hall–Kier alpha value is -1.69. The van der Waals surface area contributed by atoms with Crippen LogP contribution in [-0.2, 0) is 25.6 Å². The first kappa shape index (κ1) is 24.0. The van der Waals surface area contributed by atoms with Gasteiger partial charge < -0.3 is 23.7 Å². The van der Waals surface area contributed by atoms with Gasteiger partial charge in [-0.05, 0) is 36.5 Å². The van der Waals surface area contributed by atoms with Gasteiger partial charge in [-0.15, -0.1) is 0 Å². The van der Waals surface area contributed by atoms with Crippen LogP contribution in [0.4, 0.5) is 0 Å². The maximum Gasteiger partial charge on any atom is 0.169 e. The van der Waals surface area contributed by atoms with Crippen molar-refractivity contribution in [3.63, 3.8) is 0 Å². The Labute approximate surface area is 187 Å². The largest absolute Gasteiger partial charge is 0.497 e. The van der Waals surface area contributed by atoms with Crippen molar-refractivity contribution >= 4 is 6.29 Å². The van der Waals surface area contributed by atoms with Gasteiger partial charge in [0, 0.05) is 31.6 Å². The Morgan fingerprint density at radius 1 is 1.13 bits per heavy atom. The number of methoxy groups -OCH3 is 1. The number of aldehydes is 1. The highest BCUT2D eigenvalue weighted by atomic mass is 16.7. The summed E-state index contributed by atoms with van der Waals surface area (Å²) in [5.41, 5.74) is 1.13. The highest BCUT2D eigenvalue weighted by Gasteiger charge is 2.43. The van der Waals surface area contributed by atoms with Crippen LogP contribution in [0.2, 0.25) is 0 Å². The smallest absolute Gasteiger partial charge is 0.169 e. The summed E-state index contributed by atoms with van der Waals surface area (Å²) in [5.74, 6) is 0.989. The van der Waals surface area contributed by atoms with E-state index in [-0.39, 0.29) is 24.2 Å². The fraction of sp³-hybridized carbons (Fsp3) is 0.654. The minimum atomic E-state index is -0.494. The summed E-state index contributed by atoms with van der Waals surface area (Å²) >= 11 is 0. The number of rotatable bonds is 10. The van der Waals surface area contributed by atoms with E-state index in [9.17, 15) is 4.79 Å². The van der Waals surface area contributed by atoms with E-state index >= 15 is 0 Å². The molecule has 0 N–H and O–H groups in total. The quantitative estimate of drug-likeness (QED) is 0.364. The summed E-state index contributed by atoms with van der Waals surface area (Å²) in [6, 6.07) is 8.01. The first-order valence-corrected chi connectivity index (χ1v) is 11.7. The van der Waals surface area contributed by atoms with Gasteiger partial charge in [0.2, 0.25) is 0 Å². The van der Waals surface area contributed by atoms with Crippen molar-refractivity contribution in [3.05, 3.63) is 42.0 Å². The Bertz CT molecular complexity index is 705. The van der Waals surface area contributed by atoms with Crippen LogP contribution < -0.4 is 4.74 Å². The van der Waals surface area contributed by atoms with Crippen LogP contribution in [0.3, 0.4) is 0 Å². The topological polar surface area (TPSA) is 54.0 Å². The zero-order valence-electron chi connectivity index (χ0n) is 19.4. The molecule has 1 heterocycles. The minimum absolute atomic E-state index is 0.0198. The fourth-order valence-electron chi connectivity index (χ4n) is 4.76. The third kappa shape index (κ3) is 6.64. The molecule has 0 aromatic heterocycles. The van der Waals surface area contributed by atoms with Crippen molar-refractivity contribution in [3.8, 4) is 5.75 Å². The van der Waals surface area contributed by atoms with Crippen molar-refractivity contribution in [1.29, 1.82) is 0 Å². The van der Waals surface area contributed by atoms with Crippen molar-refractivity contribution in [2.24, 2.45) is 11.8 Å². The van der Waals surface area contributed by atoms with Gasteiger partial charge in [0.15, 0.2) is 5.79 Å². The van der Waals surface area contributed by atoms with E-state index in [1.165, 1.54) is 0 Å². The SMILES string of the molecule is COc1ccc(CO[C@@H](C(C)C)[C@@H](C)/C=C/[C@H]2C[C@@H](CC=O)OC3(CCCC3)O2)cc1. The molecule has 172 valence electrons. The van der Waals surface area contributed by atoms with Gasteiger partial charge in [-0.2, -0.15) is 0 Å². The fourth-order valence-corrected chi connectivity index (χ4v) is 4.76. The number of carbonyl (C=O) groups excluding carboxylic acids is 1. The lowest BCUT2D eigenvalue weighted by atomic mass is 9.93. The zero-order valence-corrected chi connectivity index (χ0v) is 19.4. The summed E-state index contributed by atoms with van der Waals surface area (Å²) < 4.78 is 24.1. The normalized spacial score (nSPS) is 25.2. The molecule has 1 aromatic rings. The average Bonchev–Trinajstić information content (AvgIpc) is 3.19. The van der Waals surface area contributed by atoms with Gasteiger partial charge in [-0.25, -0.2) is 0 Å². The van der Waals surface area contributed by atoms with E-state index in [2.05, 4.69) is 32.9 Å². The molecule has 2 aliphatic rings. The third-order valence-electron chi connectivity index (χ3n) is 6.37. The zero-order chi connectivity index (χ0) is 22.3. The molecule has 4 atom stereocenters. The lowest BCUT2D eigenvalue weighted by Crippen LogP contribution is -2.46. The standard InChI is InChI=1S/C26H38O5/c1-19(2)25(29-18-21-8-11-22(28-4)12-9-21)20(3)7-10-23-17-24(13-16-27)31-26(30-23)14-5-6-15-26/h7-12,16,19-20,23-25H,5-6,13-15,17-18H2,1-4H3/b10-7+/t20-,23-,24+,25-/m0/s1. The predicted octanol–water partition coefficient (Wildman–Crippen LogP) is 5.46. The van der Waals surface area contributed by atoms with Gasteiger partial charge in [0.1, 0.15) is 12.0 Å². The Morgan fingerprint density at radius 2 is 1.84 bits per heavy atom. The maximum absolute atomic E-state index is 11.1. The predicted molar refractivity (Wildman–Crippen MR) is 121 cm³/mol. The number of carbonyl (C=O) groups is 1. The van der Waals surface area contributed by atoms with E-state index in [1.807, 2.05) is 24.3 Å². The molecular weight excluding hydrogens is 392 g/mol. The number of ether oxygens (including phenoxy) is 4. The molecule has 1 spiro atoms. The number of benzene rings is 1. The second kappa shape index (κ2) is 11.3. The molecule has 31 heavy (non-hydrogen) atoms. The average molecular weight is 431 g/mol. The van der Waals surface area contributed by atoms with Crippen molar-refractivity contribution in [2.45, 2.75) is 90.0 Å². The molecule has 1 aromatic carbocycles. The number of hydrogen-bond acceptors (Lipinski definition) is 5. The molecule has 3 rings (SSSR count). The third-order valence-corrected chi connectivity index (χ3v) is 6.37. The van der Waals surface area contributed by atoms with Gasteiger partial charge in [0.05, 0.1) is 32.0 Å². The molecule has 1 saturated carbocycles. The molecular formula is C26H38O5. The maximum atomic E-state index is 11.1. The molecule has 1 saturated heterocycles. The van der Waals surface area contributed by atoms with Gasteiger partial charge >= 0.3 is 0 Å². The molecule has 1 aliphatic heterocycles. The van der Waals surface area contributed by atoms with Crippen LogP contribution >= 0.6 is 0 Å². The highest BCUT2D eigenvalue weighted by molar-refractivity contribution is 5.50. The minimum Gasteiger partial charge on any atom is -0.497 e. The monoisotopic (exact) mass is 430 g/mol. The van der Waals surface area contributed by atoms with Gasteiger partial charge in [-0.3, -0.25) is 0 Å². The van der Waals surface area contributed by atoms with Crippen molar-refractivity contribution < 1.29 is 23.7 Å². The van der Waals surface area contributed by atoms with E-state index in [0.717, 1.165) is 49.7 Å². The van der Waals surface area contributed by atoms with Crippen molar-refractivity contribution in [2.75, 3.05) is 7.11 Å². The van der Waals surface area contributed by atoms with E-state index in [4.69, 9.17) is 18.9 Å². The summed E-state index contributed by atoms with van der Waals surface area (Å²) in [7, 11) is 1.67. The van der Waals surface area contributed by atoms with E-state index in [0.29, 0.717) is 18.9 Å². The first-order chi connectivity index (χ1) is 14.9. The molecule has 0 unspecified atom stereocenters. The summed E-state index contributed by atoms with van der Waals surface area (Å²) in [4.78, 5) is 11.1. The van der Waals surface area contributed by atoms with Crippen LogP contribution in [0, 0.1) is 11.8 Å². The number of hydrogen-bond donors (Lipinski definition) is 0. The molecule has 0 radical (unpaired) electrons. The van der Waals surface area contributed by atoms with Gasteiger partial charge in [-0.1, -0.05) is 45.1 Å². The second-order valence-electron chi connectivity index (χ2n) is 9.26. The van der Waals surface area contributed by atoms with E-state index in [1.54, 1.807) is 7.11 Å². The van der Waals surface area contributed by atoms with E-state index < -0.39 is 5.79 Å². The first-order valence-electron chi connectivity index (χ1n) is 11.7. The van der Waals surface area contributed by atoms with Crippen LogP contribution in [0.1, 0.15) is 64.9 Å². The lowest BCUT2D eigenvalue weighted by Gasteiger charge is -2.42. The highest BCUT2D eigenvalue weighted by Crippen LogP contribution is 2.41. The Morgan fingerprint density at radius 3 is 2.45 bits per heavy atom. The second-order valence-corrected chi connectivity index (χ2v) is 9.26. The van der Waals surface area contributed by atoms with Crippen LogP contribution in [0.25, 0.3) is 0 Å².